The first kappa shape index (κ1) is 20.3. The van der Waals surface area contributed by atoms with E-state index in [1.165, 1.54) is 0 Å². The lowest BCUT2D eigenvalue weighted by Crippen LogP contribution is -2.34. The highest BCUT2D eigenvalue weighted by atomic mass is 79.9. The first-order valence-corrected chi connectivity index (χ1v) is 8.91. The van der Waals surface area contributed by atoms with Gasteiger partial charge in [0.25, 0.3) is 0 Å². The zero-order valence-electron chi connectivity index (χ0n) is 14.6. The van der Waals surface area contributed by atoms with Crippen molar-refractivity contribution in [3.63, 3.8) is 0 Å². The molecule has 1 saturated heterocycles. The summed E-state index contributed by atoms with van der Waals surface area (Å²) >= 11 is 9.76. The van der Waals surface area contributed by atoms with Gasteiger partial charge >= 0.3 is 0 Å². The third-order valence-electron chi connectivity index (χ3n) is 3.88. The molecule has 0 bridgehead atoms. The van der Waals surface area contributed by atoms with Crippen molar-refractivity contribution in [2.24, 2.45) is 16.5 Å². The molecule has 1 aliphatic heterocycles. The monoisotopic (exact) mass is 441 g/mol. The lowest BCUT2D eigenvalue weighted by atomic mass is 10.0. The number of nitrogens with two attached hydrogens (primary N) is 2. The Morgan fingerprint density at radius 3 is 2.73 bits per heavy atom. The number of halogens is 2. The molecule has 0 radical (unpaired) electrons. The molecule has 0 spiro atoms. The van der Waals surface area contributed by atoms with Gasteiger partial charge in [0.05, 0.1) is 28.9 Å². The zero-order chi connectivity index (χ0) is 19.4. The molecule has 26 heavy (non-hydrogen) atoms. The van der Waals surface area contributed by atoms with Crippen LogP contribution >= 0.6 is 27.5 Å². The van der Waals surface area contributed by atoms with Crippen LogP contribution in [0.25, 0.3) is 5.70 Å². The lowest BCUT2D eigenvalue weighted by Gasteiger charge is -2.13. The third kappa shape index (κ3) is 4.57. The molecular formula is C17H21BrClN5O2. The minimum absolute atomic E-state index is 0.0981. The Balaban J connectivity index is 2.50. The maximum atomic E-state index is 11.7. The normalized spacial score (nSPS) is 18.1. The van der Waals surface area contributed by atoms with E-state index in [-0.39, 0.29) is 18.3 Å². The second-order valence-electron chi connectivity index (χ2n) is 5.73. The summed E-state index contributed by atoms with van der Waals surface area (Å²) in [6.45, 7) is 4.72. The number of ether oxygens (including phenoxy) is 1. The van der Waals surface area contributed by atoms with Gasteiger partial charge in [-0.1, -0.05) is 18.2 Å². The molecule has 0 saturated carbocycles. The average molecular weight is 443 g/mol. The van der Waals surface area contributed by atoms with Crippen LogP contribution in [-0.4, -0.2) is 50.3 Å². The molecule has 0 aromatic heterocycles. The highest BCUT2D eigenvalue weighted by Crippen LogP contribution is 2.35. The number of hydrogen-bond acceptors (Lipinski definition) is 6. The molecule has 5 N–H and O–H groups in total. The van der Waals surface area contributed by atoms with Gasteiger partial charge < -0.3 is 21.5 Å². The van der Waals surface area contributed by atoms with Crippen molar-refractivity contribution in [2.75, 3.05) is 33.8 Å². The Morgan fingerprint density at radius 1 is 1.46 bits per heavy atom. The number of nitrogens with one attached hydrogen (secondary N) is 1. The van der Waals surface area contributed by atoms with Crippen molar-refractivity contribution in [1.82, 2.24) is 10.2 Å². The Morgan fingerprint density at radius 2 is 2.15 bits per heavy atom. The van der Waals surface area contributed by atoms with Crippen LogP contribution in [0.4, 0.5) is 0 Å². The van der Waals surface area contributed by atoms with Gasteiger partial charge in [0.1, 0.15) is 11.6 Å². The van der Waals surface area contributed by atoms with Gasteiger partial charge in [0.2, 0.25) is 5.91 Å². The number of rotatable bonds is 5. The fraction of sp³-hybridized carbons (Fsp3) is 0.294. The minimum atomic E-state index is -0.0981. The number of benzene rings is 1. The van der Waals surface area contributed by atoms with Crippen molar-refractivity contribution in [2.45, 2.75) is 0 Å². The van der Waals surface area contributed by atoms with Crippen LogP contribution < -0.4 is 21.5 Å². The maximum Gasteiger partial charge on any atom is 0.233 e. The van der Waals surface area contributed by atoms with E-state index in [2.05, 4.69) is 32.8 Å². The van der Waals surface area contributed by atoms with Gasteiger partial charge in [-0.2, -0.15) is 0 Å². The molecule has 1 fully saturated rings. The van der Waals surface area contributed by atoms with Crippen molar-refractivity contribution >= 4 is 44.8 Å². The van der Waals surface area contributed by atoms with Crippen LogP contribution in [0.15, 0.2) is 39.6 Å². The van der Waals surface area contributed by atoms with Gasteiger partial charge in [0, 0.05) is 37.0 Å². The number of carbonyl (C=O) groups excluding carboxylic acids is 1. The SMILES string of the molecule is C=C(N)/N=C1/CN(CC(=O)NC)C/C1=C(/N)c1cc(OC)c(Br)cc1Cl. The summed E-state index contributed by atoms with van der Waals surface area (Å²) in [7, 11) is 3.15. The molecule has 0 atom stereocenters. The smallest absolute Gasteiger partial charge is 0.233 e. The summed E-state index contributed by atoms with van der Waals surface area (Å²) in [5, 5.41) is 3.07. The van der Waals surface area contributed by atoms with Crippen LogP contribution in [0.1, 0.15) is 5.56 Å². The lowest BCUT2D eigenvalue weighted by molar-refractivity contribution is -0.121. The number of likely N-dealkylation sites (tertiary alicyclic amines) is 1. The number of carbonyl (C=O) groups is 1. The Kier molecular flexibility index (Phi) is 6.69. The largest absolute Gasteiger partial charge is 0.496 e. The van der Waals surface area contributed by atoms with Crippen molar-refractivity contribution < 1.29 is 9.53 Å². The molecule has 0 aliphatic carbocycles. The number of methoxy groups -OCH3 is 1. The van der Waals surface area contributed by atoms with E-state index in [1.807, 2.05) is 4.90 Å². The molecule has 9 heteroatoms. The topological polar surface area (TPSA) is 106 Å². The second-order valence-corrected chi connectivity index (χ2v) is 6.99. The van der Waals surface area contributed by atoms with Crippen LogP contribution in [0.3, 0.4) is 0 Å². The summed E-state index contributed by atoms with van der Waals surface area (Å²) in [5.41, 5.74) is 14.6. The summed E-state index contributed by atoms with van der Waals surface area (Å²) in [4.78, 5) is 17.9. The zero-order valence-corrected chi connectivity index (χ0v) is 16.9. The molecule has 2 rings (SSSR count). The van der Waals surface area contributed by atoms with E-state index in [0.717, 1.165) is 10.0 Å². The Bertz CT molecular complexity index is 807. The summed E-state index contributed by atoms with van der Waals surface area (Å²) in [5.74, 6) is 0.681. The van der Waals surface area contributed by atoms with E-state index in [1.54, 1.807) is 26.3 Å². The quantitative estimate of drug-likeness (QED) is 0.644. The first-order chi connectivity index (χ1) is 12.3. The van der Waals surface area contributed by atoms with E-state index < -0.39 is 0 Å². The Hall–Kier alpha value is -2.03. The van der Waals surface area contributed by atoms with E-state index in [9.17, 15) is 4.79 Å². The van der Waals surface area contributed by atoms with Crippen molar-refractivity contribution in [3.05, 3.63) is 45.2 Å². The molecule has 0 unspecified atom stereocenters. The third-order valence-corrected chi connectivity index (χ3v) is 4.82. The summed E-state index contributed by atoms with van der Waals surface area (Å²) in [6.07, 6.45) is 0. The van der Waals surface area contributed by atoms with Gasteiger partial charge in [-0.25, -0.2) is 4.99 Å². The van der Waals surface area contributed by atoms with Crippen molar-refractivity contribution in [3.8, 4) is 5.75 Å². The van der Waals surface area contributed by atoms with Gasteiger partial charge in [0.15, 0.2) is 0 Å². The molecule has 1 aromatic rings. The molecule has 1 aromatic carbocycles. The highest BCUT2D eigenvalue weighted by Gasteiger charge is 2.28. The molecule has 140 valence electrons. The Labute approximate surface area is 165 Å². The van der Waals surface area contributed by atoms with Gasteiger partial charge in [-0.05, 0) is 28.1 Å². The van der Waals surface area contributed by atoms with Crippen LogP contribution in [-0.2, 0) is 4.79 Å². The van der Waals surface area contributed by atoms with Crippen LogP contribution in [0.5, 0.6) is 5.75 Å². The van der Waals surface area contributed by atoms with E-state index in [0.29, 0.717) is 40.8 Å². The number of nitrogens with zero attached hydrogens (tertiary/aromatic N) is 2. The summed E-state index contributed by atoms with van der Waals surface area (Å²) in [6, 6.07) is 3.48. The maximum absolute atomic E-state index is 11.7. The standard InChI is InChI=1S/C17H21BrClN5O2/c1-9(20)23-14-7-24(8-16(25)22-2)6-11(14)17(21)10-4-15(26-3)12(18)5-13(10)19/h4-5H,1,6-8,20-21H2,2-3H3,(H,22,25)/b17-11-,23-14-. The molecule has 7 nitrogen and oxygen atoms in total. The molecule has 1 aliphatic rings. The van der Waals surface area contributed by atoms with E-state index in [4.69, 9.17) is 27.8 Å². The highest BCUT2D eigenvalue weighted by molar-refractivity contribution is 9.10. The number of likely N-dealkylation sites (N-methyl/N-ethyl adjacent to an activating group) is 1. The minimum Gasteiger partial charge on any atom is -0.496 e. The predicted octanol–water partition coefficient (Wildman–Crippen LogP) is 1.71. The second kappa shape index (κ2) is 8.57. The average Bonchev–Trinajstić information content (AvgIpc) is 2.95. The number of amides is 1. The summed E-state index contributed by atoms with van der Waals surface area (Å²) < 4.78 is 6.05. The van der Waals surface area contributed by atoms with E-state index >= 15 is 0 Å². The van der Waals surface area contributed by atoms with Crippen LogP contribution in [0, 0.1) is 0 Å². The molecule has 1 heterocycles. The fourth-order valence-electron chi connectivity index (χ4n) is 2.64. The van der Waals surface area contributed by atoms with Crippen LogP contribution in [0.2, 0.25) is 5.02 Å². The van der Waals surface area contributed by atoms with Gasteiger partial charge in [-0.15, -0.1) is 0 Å². The first-order valence-electron chi connectivity index (χ1n) is 7.74. The molecular weight excluding hydrogens is 422 g/mol. The van der Waals surface area contributed by atoms with Crippen molar-refractivity contribution in [1.29, 1.82) is 0 Å². The fourth-order valence-corrected chi connectivity index (χ4v) is 3.55. The number of hydrogen-bond donors (Lipinski definition) is 3. The van der Waals surface area contributed by atoms with Gasteiger partial charge in [-0.3, -0.25) is 9.69 Å². The number of aliphatic imine (C=N–C) groups is 1. The predicted molar refractivity (Wildman–Crippen MR) is 108 cm³/mol. The molecule has 1 amide bonds.